The van der Waals surface area contributed by atoms with Gasteiger partial charge in [-0.05, 0) is 37.7 Å². The number of hydrogen-bond donors (Lipinski definition) is 2. The zero-order valence-corrected chi connectivity index (χ0v) is 16.8. The number of nitrogens with one attached hydrogen (secondary N) is 2. The topological polar surface area (TPSA) is 79.5 Å². The summed E-state index contributed by atoms with van der Waals surface area (Å²) in [5, 5.41) is 3.93. The van der Waals surface area contributed by atoms with Crippen molar-refractivity contribution in [3.63, 3.8) is 0 Å². The van der Waals surface area contributed by atoms with Crippen molar-refractivity contribution in [1.82, 2.24) is 14.9 Å². The van der Waals surface area contributed by atoms with Crippen LogP contribution in [0.3, 0.4) is 0 Å². The molecule has 1 spiro atoms. The number of ether oxygens (including phenoxy) is 2. The molecule has 3 heterocycles. The molecule has 0 radical (unpaired) electrons. The molecule has 2 N–H and O–H groups in total. The second-order valence-corrected chi connectivity index (χ2v) is 8.11. The van der Waals surface area contributed by atoms with Crippen LogP contribution >= 0.6 is 0 Å². The maximum absolute atomic E-state index is 12.6. The van der Waals surface area contributed by atoms with E-state index < -0.39 is 0 Å². The highest BCUT2D eigenvalue weighted by Gasteiger charge is 2.63. The molecule has 150 valence electrons. The third-order valence-corrected chi connectivity index (χ3v) is 6.16. The Morgan fingerprint density at radius 1 is 1.21 bits per heavy atom. The minimum absolute atomic E-state index is 0.0723. The largest absolute Gasteiger partial charge is 0.496 e. The van der Waals surface area contributed by atoms with E-state index in [-0.39, 0.29) is 17.2 Å². The van der Waals surface area contributed by atoms with E-state index in [1.807, 2.05) is 36.5 Å². The standard InChI is InChI=1S/C22H24N4O3/c1-26-11-22(12-26)9-15(22)21(27)25-18-8-7-13-14(10-23-20(13)24-18)19-16(28-2)5-4-6-17(19)29-3/h4-8,10,15H,9,11-12H2,1-3H3,(H2,23,24,25,27)/t15-/m1/s1. The molecule has 1 saturated heterocycles. The molecule has 1 amide bonds. The smallest absolute Gasteiger partial charge is 0.229 e. The van der Waals surface area contributed by atoms with Crippen LogP contribution in [-0.2, 0) is 4.79 Å². The Bertz CT molecular complexity index is 1080. The Morgan fingerprint density at radius 3 is 2.59 bits per heavy atom. The molecule has 5 rings (SSSR count). The van der Waals surface area contributed by atoms with E-state index in [0.29, 0.717) is 11.5 Å². The first kappa shape index (κ1) is 18.0. The van der Waals surface area contributed by atoms with Crippen LogP contribution in [0.5, 0.6) is 11.5 Å². The first-order valence-corrected chi connectivity index (χ1v) is 9.73. The van der Waals surface area contributed by atoms with Gasteiger partial charge < -0.3 is 24.7 Å². The molecule has 0 bridgehead atoms. The third-order valence-electron chi connectivity index (χ3n) is 6.16. The summed E-state index contributed by atoms with van der Waals surface area (Å²) in [6, 6.07) is 9.52. The van der Waals surface area contributed by atoms with Crippen molar-refractivity contribution in [1.29, 1.82) is 0 Å². The summed E-state index contributed by atoms with van der Waals surface area (Å²) in [6.45, 7) is 2.02. The van der Waals surface area contributed by atoms with Crippen molar-refractivity contribution in [3.05, 3.63) is 36.5 Å². The quantitative estimate of drug-likeness (QED) is 0.697. The Kier molecular flexibility index (Phi) is 4.03. The number of fused-ring (bicyclic) bond motifs is 1. The van der Waals surface area contributed by atoms with E-state index in [1.54, 1.807) is 14.2 Å². The predicted molar refractivity (Wildman–Crippen MR) is 111 cm³/mol. The predicted octanol–water partition coefficient (Wildman–Crippen LogP) is 3.14. The molecule has 29 heavy (non-hydrogen) atoms. The van der Waals surface area contributed by atoms with Gasteiger partial charge in [0, 0.05) is 41.6 Å². The van der Waals surface area contributed by atoms with Crippen LogP contribution in [0.15, 0.2) is 36.5 Å². The van der Waals surface area contributed by atoms with E-state index in [1.165, 1.54) is 0 Å². The van der Waals surface area contributed by atoms with Crippen LogP contribution in [0.2, 0.25) is 0 Å². The number of aromatic amines is 1. The fourth-order valence-electron chi connectivity index (χ4n) is 4.71. The van der Waals surface area contributed by atoms with Crippen LogP contribution in [0, 0.1) is 11.3 Å². The molecule has 7 heteroatoms. The number of likely N-dealkylation sites (tertiary alicyclic amines) is 1. The minimum Gasteiger partial charge on any atom is -0.496 e. The molecule has 3 aromatic rings. The van der Waals surface area contributed by atoms with Gasteiger partial charge in [-0.25, -0.2) is 4.98 Å². The molecule has 1 atom stereocenters. The number of amides is 1. The molecule has 7 nitrogen and oxygen atoms in total. The van der Waals surface area contributed by atoms with Gasteiger partial charge in [0.1, 0.15) is 23.0 Å². The monoisotopic (exact) mass is 392 g/mol. The molecular weight excluding hydrogens is 368 g/mol. The first-order chi connectivity index (χ1) is 14.0. The highest BCUT2D eigenvalue weighted by atomic mass is 16.5. The maximum Gasteiger partial charge on any atom is 0.229 e. The molecule has 0 unspecified atom stereocenters. The van der Waals surface area contributed by atoms with Crippen molar-refractivity contribution in [2.24, 2.45) is 11.3 Å². The number of aromatic nitrogens is 2. The van der Waals surface area contributed by atoms with E-state index in [4.69, 9.17) is 9.47 Å². The third kappa shape index (κ3) is 2.84. The van der Waals surface area contributed by atoms with Gasteiger partial charge in [0.05, 0.1) is 19.8 Å². The molecule has 1 aliphatic heterocycles. The lowest BCUT2D eigenvalue weighted by atomic mass is 9.94. The van der Waals surface area contributed by atoms with Gasteiger partial charge in [0.15, 0.2) is 0 Å². The molecular formula is C22H24N4O3. The number of hydrogen-bond acceptors (Lipinski definition) is 5. The second kappa shape index (κ2) is 6.49. The summed E-state index contributed by atoms with van der Waals surface area (Å²) in [7, 11) is 5.38. The summed E-state index contributed by atoms with van der Waals surface area (Å²) >= 11 is 0. The van der Waals surface area contributed by atoms with Crippen LogP contribution in [0.1, 0.15) is 6.42 Å². The van der Waals surface area contributed by atoms with Gasteiger partial charge in [0.2, 0.25) is 5.91 Å². The number of anilines is 1. The zero-order chi connectivity index (χ0) is 20.2. The van der Waals surface area contributed by atoms with Gasteiger partial charge in [-0.1, -0.05) is 6.07 Å². The lowest BCUT2D eigenvalue weighted by molar-refractivity contribution is -0.119. The second-order valence-electron chi connectivity index (χ2n) is 8.11. The number of carbonyl (C=O) groups is 1. The molecule has 2 aromatic heterocycles. The SMILES string of the molecule is COc1cccc(OC)c1-c1c[nH]c2nc(NC(=O)[C@H]3CC34CN(C)C4)ccc12. The Morgan fingerprint density at radius 2 is 1.93 bits per heavy atom. The molecule has 1 aliphatic carbocycles. The van der Waals surface area contributed by atoms with Gasteiger partial charge in [0.25, 0.3) is 0 Å². The summed E-state index contributed by atoms with van der Waals surface area (Å²) in [5.74, 6) is 2.20. The summed E-state index contributed by atoms with van der Waals surface area (Å²) in [6.07, 6.45) is 2.87. The highest BCUT2D eigenvalue weighted by Crippen LogP contribution is 2.58. The summed E-state index contributed by atoms with van der Waals surface area (Å²) in [4.78, 5) is 22.7. The van der Waals surface area contributed by atoms with Gasteiger partial charge in [-0.2, -0.15) is 0 Å². The number of carbonyl (C=O) groups excluding carboxylic acids is 1. The van der Waals surface area contributed by atoms with Crippen molar-refractivity contribution in [2.45, 2.75) is 6.42 Å². The lowest BCUT2D eigenvalue weighted by Gasteiger charge is -2.37. The van der Waals surface area contributed by atoms with Crippen LogP contribution in [-0.4, -0.2) is 55.1 Å². The fourth-order valence-corrected chi connectivity index (χ4v) is 4.71. The average Bonchev–Trinajstić information content (AvgIpc) is 3.30. The zero-order valence-electron chi connectivity index (χ0n) is 16.8. The van der Waals surface area contributed by atoms with E-state index in [0.717, 1.165) is 47.5 Å². The van der Waals surface area contributed by atoms with Gasteiger partial charge in [-0.3, -0.25) is 4.79 Å². The van der Waals surface area contributed by atoms with Crippen LogP contribution < -0.4 is 14.8 Å². The summed E-state index contributed by atoms with van der Waals surface area (Å²) < 4.78 is 11.1. The molecule has 2 aliphatic rings. The highest BCUT2D eigenvalue weighted by molar-refractivity contribution is 5.99. The van der Waals surface area contributed by atoms with Crippen LogP contribution in [0.4, 0.5) is 5.82 Å². The molecule has 1 aromatic carbocycles. The van der Waals surface area contributed by atoms with E-state index in [2.05, 4.69) is 27.2 Å². The maximum atomic E-state index is 12.6. The Labute approximate surface area is 169 Å². The fraction of sp³-hybridized carbons (Fsp3) is 0.364. The number of benzene rings is 1. The number of nitrogens with zero attached hydrogens (tertiary/aromatic N) is 2. The number of methoxy groups -OCH3 is 2. The first-order valence-electron chi connectivity index (χ1n) is 9.73. The van der Waals surface area contributed by atoms with Gasteiger partial charge in [-0.15, -0.1) is 0 Å². The molecule has 2 fully saturated rings. The Hall–Kier alpha value is -3.06. The molecule has 1 saturated carbocycles. The average molecular weight is 392 g/mol. The van der Waals surface area contributed by atoms with E-state index >= 15 is 0 Å². The van der Waals surface area contributed by atoms with Crippen molar-refractivity contribution >= 4 is 22.8 Å². The van der Waals surface area contributed by atoms with Crippen molar-refractivity contribution in [3.8, 4) is 22.6 Å². The minimum atomic E-state index is 0.0723. The summed E-state index contributed by atoms with van der Waals surface area (Å²) in [5.41, 5.74) is 2.73. The van der Waals surface area contributed by atoms with Crippen molar-refractivity contribution < 1.29 is 14.3 Å². The van der Waals surface area contributed by atoms with Gasteiger partial charge >= 0.3 is 0 Å². The van der Waals surface area contributed by atoms with Crippen molar-refractivity contribution in [2.75, 3.05) is 39.7 Å². The Balaban J connectivity index is 1.42. The normalized spacial score (nSPS) is 19.8. The number of H-pyrrole nitrogens is 1. The van der Waals surface area contributed by atoms with E-state index in [9.17, 15) is 4.79 Å². The number of rotatable bonds is 5. The lowest BCUT2D eigenvalue weighted by Crippen LogP contribution is -2.47. The number of pyridine rings is 1. The van der Waals surface area contributed by atoms with Crippen LogP contribution in [0.25, 0.3) is 22.2 Å².